The maximum atomic E-state index is 11.1. The number of phenolic OH excluding ortho intramolecular Hbond substituents is 1. The zero-order valence-electron chi connectivity index (χ0n) is 28.0. The molecule has 47 heavy (non-hydrogen) atoms. The second kappa shape index (κ2) is 12.3. The van der Waals surface area contributed by atoms with Gasteiger partial charge in [-0.2, -0.15) is 0 Å². The number of nitrogens with zero attached hydrogens (tertiary/aromatic N) is 4. The van der Waals surface area contributed by atoms with Crippen molar-refractivity contribution < 1.29 is 26.2 Å². The Bertz CT molecular complexity index is 1840. The van der Waals surface area contributed by atoms with Crippen molar-refractivity contribution in [2.45, 2.75) is 95.4 Å². The number of hydrogen-bond acceptors (Lipinski definition) is 5. The fraction of sp³-hybridized carbons (Fsp3) is 0.375. The van der Waals surface area contributed by atoms with E-state index in [1.165, 1.54) is 78.3 Å². The Morgan fingerprint density at radius 3 is 2.23 bits per heavy atom. The molecule has 3 aliphatic heterocycles. The van der Waals surface area contributed by atoms with Crippen LogP contribution in [0.15, 0.2) is 84.3 Å². The first-order valence-corrected chi connectivity index (χ1v) is 20.0. The molecule has 0 saturated heterocycles. The van der Waals surface area contributed by atoms with Gasteiger partial charge in [0.25, 0.3) is 0 Å². The zero-order chi connectivity index (χ0) is 31.6. The maximum Gasteiger partial charge on any atom is 0.124 e. The Labute approximate surface area is 295 Å². The van der Waals surface area contributed by atoms with Crippen molar-refractivity contribution in [2.24, 2.45) is 0 Å². The van der Waals surface area contributed by atoms with Crippen LogP contribution in [0.5, 0.6) is 5.75 Å². The molecule has 2 aromatic heterocycles. The van der Waals surface area contributed by atoms with E-state index in [0.29, 0.717) is 11.7 Å². The van der Waals surface area contributed by atoms with E-state index in [-0.39, 0.29) is 21.1 Å². The van der Waals surface area contributed by atoms with E-state index in [1.54, 1.807) is 17.2 Å². The van der Waals surface area contributed by atoms with Gasteiger partial charge in [0.15, 0.2) is 0 Å². The molecule has 0 unspecified atom stereocenters. The molecule has 8 rings (SSSR count). The minimum Gasteiger partial charge on any atom is -0.507 e. The summed E-state index contributed by atoms with van der Waals surface area (Å²) in [7, 11) is -1.64. The molecule has 0 atom stereocenters. The predicted molar refractivity (Wildman–Crippen MR) is 188 cm³/mol. The number of rotatable bonds is 5. The van der Waals surface area contributed by atoms with E-state index in [2.05, 4.69) is 86.6 Å². The Morgan fingerprint density at radius 1 is 0.830 bits per heavy atom. The van der Waals surface area contributed by atoms with Crippen LogP contribution in [-0.4, -0.2) is 28.0 Å². The molecule has 246 valence electrons. The zero-order valence-corrected chi connectivity index (χ0v) is 31.3. The van der Waals surface area contributed by atoms with E-state index in [0.717, 1.165) is 28.8 Å². The number of para-hydroxylation sites is 1. The summed E-state index contributed by atoms with van der Waals surface area (Å²) in [6.45, 7) is 11.2. The van der Waals surface area contributed by atoms with Crippen molar-refractivity contribution in [1.29, 1.82) is 0 Å². The van der Waals surface area contributed by atoms with Crippen molar-refractivity contribution in [3.05, 3.63) is 125 Å². The third-order valence-corrected chi connectivity index (χ3v) is 16.0. The Hall–Kier alpha value is -3.21. The van der Waals surface area contributed by atoms with Crippen LogP contribution in [0.1, 0.15) is 99.2 Å². The van der Waals surface area contributed by atoms with Crippen LogP contribution in [0, 0.1) is 6.67 Å². The summed E-state index contributed by atoms with van der Waals surface area (Å²) >= 11 is 0. The van der Waals surface area contributed by atoms with Crippen LogP contribution in [0.3, 0.4) is 0 Å². The minimum atomic E-state index is -1.64. The summed E-state index contributed by atoms with van der Waals surface area (Å²) in [6, 6.07) is 28.5. The van der Waals surface area contributed by atoms with Gasteiger partial charge >= 0.3 is 0 Å². The molecule has 1 N–H and O–H groups in total. The van der Waals surface area contributed by atoms with Crippen molar-refractivity contribution in [2.75, 3.05) is 4.90 Å². The van der Waals surface area contributed by atoms with Crippen molar-refractivity contribution in [3.8, 4) is 17.0 Å². The van der Waals surface area contributed by atoms with Crippen molar-refractivity contribution >= 4 is 13.9 Å². The fourth-order valence-electron chi connectivity index (χ4n) is 8.86. The summed E-state index contributed by atoms with van der Waals surface area (Å²) in [4.78, 5) is 15.0. The largest absolute Gasteiger partial charge is 0.507 e. The third-order valence-electron chi connectivity index (χ3n) is 11.5. The molecule has 4 aromatic rings. The normalized spacial score (nSPS) is 18.9. The summed E-state index contributed by atoms with van der Waals surface area (Å²) < 4.78 is 0. The molecule has 1 fully saturated rings. The molecule has 5 nitrogen and oxygen atoms in total. The average molecular weight is 821 g/mol. The van der Waals surface area contributed by atoms with Gasteiger partial charge in [0.2, 0.25) is 0 Å². The number of hydrogen-bond donors (Lipinski definition) is 1. The number of anilines is 1. The Morgan fingerprint density at radius 2 is 1.51 bits per heavy atom. The molecule has 0 amide bonds. The van der Waals surface area contributed by atoms with Crippen LogP contribution in [-0.2, 0) is 50.8 Å². The number of fused-ring (bicyclic) bond motifs is 2. The SMILES string of the molecule is CC1=C(C)N(C(C)(C)c2cc3c(c(-c4ccccc4O)n2)C[Si]2(Cc4ccccc4C2)C3)[CH-]N1c1cc(C2CCCCC2)ccn1.[Pt]. The molecule has 0 radical (unpaired) electrons. The van der Waals surface area contributed by atoms with Gasteiger partial charge in [0.1, 0.15) is 11.6 Å². The molecule has 1 spiro atoms. The Kier molecular flexibility index (Phi) is 8.49. The van der Waals surface area contributed by atoms with E-state index in [1.807, 2.05) is 24.4 Å². The van der Waals surface area contributed by atoms with Crippen LogP contribution in [0.4, 0.5) is 5.82 Å². The van der Waals surface area contributed by atoms with Gasteiger partial charge in [-0.15, -0.1) is 6.67 Å². The molecule has 0 bridgehead atoms. The third kappa shape index (κ3) is 5.59. The second-order valence-electron chi connectivity index (χ2n) is 14.9. The van der Waals surface area contributed by atoms with Crippen LogP contribution in [0.25, 0.3) is 11.3 Å². The molecular formula is C40H45N4OPtSi-. The first-order valence-electron chi connectivity index (χ1n) is 17.2. The molecular weight excluding hydrogens is 776 g/mol. The van der Waals surface area contributed by atoms with Gasteiger partial charge in [-0.05, 0) is 134 Å². The van der Waals surface area contributed by atoms with E-state index in [4.69, 9.17) is 9.97 Å². The monoisotopic (exact) mass is 820 g/mol. The molecule has 2 aromatic carbocycles. The number of aromatic nitrogens is 2. The summed E-state index contributed by atoms with van der Waals surface area (Å²) in [6.07, 6.45) is 8.56. The van der Waals surface area contributed by atoms with Crippen molar-refractivity contribution in [3.63, 3.8) is 0 Å². The summed E-state index contributed by atoms with van der Waals surface area (Å²) in [5.74, 6) is 1.93. The standard InChI is InChI=1S/C40H45N4OSi.Pt/c1-27-28(2)44(26-43(27)38-21-30(18-19-41-38)29-12-6-5-7-13-29)40(3,4)37-20-33-24-46(22-31-14-8-9-15-32(31)23-46)25-35(33)39(42-37)34-16-10-11-17-36(34)45;/h8-11,14-21,26,29,45H,5-7,12-13,22-25H2,1-4H3;/q-1;. The van der Waals surface area contributed by atoms with Crippen LogP contribution < -0.4 is 4.90 Å². The maximum absolute atomic E-state index is 11.1. The average Bonchev–Trinajstić information content (AvgIpc) is 3.72. The summed E-state index contributed by atoms with van der Waals surface area (Å²) in [5, 5.41) is 11.1. The number of phenols is 1. The first-order chi connectivity index (χ1) is 22.2. The van der Waals surface area contributed by atoms with E-state index >= 15 is 0 Å². The quantitative estimate of drug-likeness (QED) is 0.161. The van der Waals surface area contributed by atoms with E-state index < -0.39 is 13.6 Å². The van der Waals surface area contributed by atoms with Gasteiger partial charge in [-0.3, -0.25) is 4.98 Å². The number of allylic oxidation sites excluding steroid dienone is 2. The van der Waals surface area contributed by atoms with Gasteiger partial charge in [0, 0.05) is 38.5 Å². The number of pyridine rings is 2. The molecule has 5 heterocycles. The van der Waals surface area contributed by atoms with Gasteiger partial charge < -0.3 is 14.9 Å². The Balaban J connectivity index is 0.00000351. The van der Waals surface area contributed by atoms with Gasteiger partial charge in [-0.1, -0.05) is 55.7 Å². The summed E-state index contributed by atoms with van der Waals surface area (Å²) in [5.41, 5.74) is 12.1. The number of benzene rings is 2. The van der Waals surface area contributed by atoms with Gasteiger partial charge in [0.05, 0.1) is 25.0 Å². The first kappa shape index (κ1) is 32.3. The number of aromatic hydroxyl groups is 1. The van der Waals surface area contributed by atoms with Crippen LogP contribution in [0.2, 0.25) is 0 Å². The van der Waals surface area contributed by atoms with Crippen LogP contribution >= 0.6 is 0 Å². The molecule has 7 heteroatoms. The molecule has 4 aliphatic rings. The minimum absolute atomic E-state index is 0. The van der Waals surface area contributed by atoms with Gasteiger partial charge in [-0.25, -0.2) is 4.98 Å². The topological polar surface area (TPSA) is 52.5 Å². The van der Waals surface area contributed by atoms with E-state index in [9.17, 15) is 5.11 Å². The second-order valence-corrected chi connectivity index (χ2v) is 19.3. The smallest absolute Gasteiger partial charge is 0.124 e. The molecule has 1 saturated carbocycles. The predicted octanol–water partition coefficient (Wildman–Crippen LogP) is 8.83. The van der Waals surface area contributed by atoms with Crippen molar-refractivity contribution in [1.82, 2.24) is 14.9 Å². The fourth-order valence-corrected chi connectivity index (χ4v) is 14.2. The molecule has 1 aliphatic carbocycles.